The topological polar surface area (TPSA) is 0 Å². The summed E-state index contributed by atoms with van der Waals surface area (Å²) in [5.41, 5.74) is 4.03. The predicted molar refractivity (Wildman–Crippen MR) is 105 cm³/mol. The summed E-state index contributed by atoms with van der Waals surface area (Å²) in [6, 6.07) is 21.5. The number of unbranched alkanes of at least 4 members (excludes halogenated alkanes) is 3. The average Bonchev–Trinajstić information content (AvgIpc) is 2.56. The Morgan fingerprint density at radius 2 is 1.36 bits per heavy atom. The van der Waals surface area contributed by atoms with Gasteiger partial charge in [-0.15, -0.1) is 12.4 Å². The van der Waals surface area contributed by atoms with E-state index in [0.717, 1.165) is 8.58 Å². The Morgan fingerprint density at radius 1 is 0.818 bits per heavy atom. The van der Waals surface area contributed by atoms with Gasteiger partial charge in [0, 0.05) is 0 Å². The van der Waals surface area contributed by atoms with Gasteiger partial charge in [0.25, 0.3) is 0 Å². The zero-order valence-electron chi connectivity index (χ0n) is 13.3. The molecule has 0 saturated carbocycles. The van der Waals surface area contributed by atoms with Crippen molar-refractivity contribution in [2.45, 2.75) is 32.6 Å². The van der Waals surface area contributed by atoms with Gasteiger partial charge in [-0.3, -0.25) is 0 Å². The molecule has 0 aromatic heterocycles. The quantitative estimate of drug-likeness (QED) is 0.370. The summed E-state index contributed by atoms with van der Waals surface area (Å²) in [6.07, 6.45) is 6.75. The van der Waals surface area contributed by atoms with E-state index >= 15 is 0 Å². The molecule has 0 fully saturated rings. The van der Waals surface area contributed by atoms with Crippen LogP contribution >= 0.6 is 21.0 Å². The molecule has 0 aliphatic heterocycles. The third-order valence-corrected chi connectivity index (χ3v) is 4.73. The van der Waals surface area contributed by atoms with Crippen LogP contribution in [0.15, 0.2) is 66.5 Å². The Labute approximate surface area is 143 Å². The lowest BCUT2D eigenvalue weighted by Crippen LogP contribution is -1.86. The largest absolute Gasteiger partial charge is 0.147 e. The second kappa shape index (κ2) is 11.5. The lowest BCUT2D eigenvalue weighted by atomic mass is 10.00. The van der Waals surface area contributed by atoms with Crippen molar-refractivity contribution in [1.82, 2.24) is 0 Å². The molecule has 2 heteroatoms. The van der Waals surface area contributed by atoms with E-state index in [4.69, 9.17) is 0 Å². The van der Waals surface area contributed by atoms with Crippen molar-refractivity contribution in [3.8, 4) is 0 Å². The summed E-state index contributed by atoms with van der Waals surface area (Å²) in [6.45, 7) is 2.27. The molecule has 2 aromatic rings. The fourth-order valence-electron chi connectivity index (χ4n) is 2.40. The molecule has 0 spiro atoms. The molecule has 0 heterocycles. The third-order valence-electron chi connectivity index (χ3n) is 3.59. The first-order chi connectivity index (χ1) is 10.4. The molecule has 0 amide bonds. The van der Waals surface area contributed by atoms with E-state index in [-0.39, 0.29) is 12.4 Å². The normalized spacial score (nSPS) is 10.4. The van der Waals surface area contributed by atoms with Crippen molar-refractivity contribution in [2.75, 3.05) is 6.16 Å². The molecule has 0 bridgehead atoms. The Morgan fingerprint density at radius 3 is 1.86 bits per heavy atom. The lowest BCUT2D eigenvalue weighted by Gasteiger charge is -2.09. The summed E-state index contributed by atoms with van der Waals surface area (Å²) in [5.74, 6) is 2.44. The van der Waals surface area contributed by atoms with E-state index in [1.54, 1.807) is 0 Å². The average molecular weight is 333 g/mol. The highest BCUT2D eigenvalue weighted by molar-refractivity contribution is 7.42. The molecule has 118 valence electrons. The minimum Gasteiger partial charge on any atom is -0.147 e. The number of rotatable bonds is 8. The molecular weight excluding hydrogens is 307 g/mol. The zero-order valence-corrected chi connectivity index (χ0v) is 15.1. The fourth-order valence-corrected chi connectivity index (χ4v) is 3.53. The smallest absolute Gasteiger partial charge is 0.0109 e. The van der Waals surface area contributed by atoms with E-state index in [1.807, 2.05) is 0 Å². The van der Waals surface area contributed by atoms with Gasteiger partial charge in [0.05, 0.1) is 0 Å². The van der Waals surface area contributed by atoms with Crippen LogP contribution in [0.5, 0.6) is 0 Å². The summed E-state index contributed by atoms with van der Waals surface area (Å²) in [4.78, 5) is 0. The SMILES string of the molecule is CCCCCCPC=C(c1ccccc1)c1ccccc1.Cl. The minimum absolute atomic E-state index is 0. The molecule has 0 nitrogen and oxygen atoms in total. The van der Waals surface area contributed by atoms with Gasteiger partial charge in [-0.05, 0) is 29.3 Å². The lowest BCUT2D eigenvalue weighted by molar-refractivity contribution is 0.706. The van der Waals surface area contributed by atoms with Crippen LogP contribution in [0.1, 0.15) is 43.7 Å². The van der Waals surface area contributed by atoms with Crippen LogP contribution in [-0.2, 0) is 0 Å². The van der Waals surface area contributed by atoms with Crippen LogP contribution in [0, 0.1) is 0 Å². The van der Waals surface area contributed by atoms with Crippen LogP contribution in [-0.4, -0.2) is 6.16 Å². The molecule has 0 aliphatic carbocycles. The number of benzene rings is 2. The maximum absolute atomic E-state index is 2.44. The van der Waals surface area contributed by atoms with Crippen LogP contribution in [0.25, 0.3) is 5.57 Å². The monoisotopic (exact) mass is 332 g/mol. The van der Waals surface area contributed by atoms with E-state index in [1.165, 1.54) is 48.5 Å². The van der Waals surface area contributed by atoms with Gasteiger partial charge in [0.1, 0.15) is 0 Å². The van der Waals surface area contributed by atoms with Crippen molar-refractivity contribution < 1.29 is 0 Å². The van der Waals surface area contributed by atoms with Gasteiger partial charge in [0.2, 0.25) is 0 Å². The first-order valence-corrected chi connectivity index (χ1v) is 9.24. The minimum atomic E-state index is 0. The van der Waals surface area contributed by atoms with Crippen LogP contribution in [0.4, 0.5) is 0 Å². The van der Waals surface area contributed by atoms with Crippen molar-refractivity contribution in [3.05, 3.63) is 77.6 Å². The molecule has 22 heavy (non-hydrogen) atoms. The van der Waals surface area contributed by atoms with Crippen LogP contribution < -0.4 is 0 Å². The highest BCUT2D eigenvalue weighted by Gasteiger charge is 2.03. The molecule has 0 N–H and O–H groups in total. The first kappa shape index (κ1) is 18.9. The summed E-state index contributed by atoms with van der Waals surface area (Å²) in [7, 11) is 0.913. The van der Waals surface area contributed by atoms with Gasteiger partial charge in [0.15, 0.2) is 0 Å². The maximum Gasteiger partial charge on any atom is -0.0109 e. The Hall–Kier alpha value is -1.10. The summed E-state index contributed by atoms with van der Waals surface area (Å²) < 4.78 is 0. The van der Waals surface area contributed by atoms with Crippen molar-refractivity contribution in [1.29, 1.82) is 0 Å². The molecule has 2 aromatic carbocycles. The van der Waals surface area contributed by atoms with Crippen LogP contribution in [0.2, 0.25) is 0 Å². The van der Waals surface area contributed by atoms with Crippen molar-refractivity contribution >= 4 is 26.6 Å². The molecular formula is C20H26ClP. The van der Waals surface area contributed by atoms with Crippen molar-refractivity contribution in [2.24, 2.45) is 0 Å². The molecule has 0 saturated heterocycles. The molecule has 1 atom stereocenters. The first-order valence-electron chi connectivity index (χ1n) is 7.96. The van der Waals surface area contributed by atoms with E-state index in [2.05, 4.69) is 73.4 Å². The highest BCUT2D eigenvalue weighted by atomic mass is 35.5. The third kappa shape index (κ3) is 6.34. The fraction of sp³-hybridized carbons (Fsp3) is 0.300. The zero-order chi connectivity index (χ0) is 14.8. The Balaban J connectivity index is 0.00000242. The molecule has 2 rings (SSSR count). The van der Waals surface area contributed by atoms with Gasteiger partial charge in [-0.1, -0.05) is 101 Å². The van der Waals surface area contributed by atoms with Crippen LogP contribution in [0.3, 0.4) is 0 Å². The van der Waals surface area contributed by atoms with E-state index in [9.17, 15) is 0 Å². The Bertz CT molecular complexity index is 493. The van der Waals surface area contributed by atoms with Crippen molar-refractivity contribution in [3.63, 3.8) is 0 Å². The van der Waals surface area contributed by atoms with E-state index in [0.29, 0.717) is 0 Å². The van der Waals surface area contributed by atoms with Gasteiger partial charge < -0.3 is 0 Å². The van der Waals surface area contributed by atoms with Gasteiger partial charge in [-0.2, -0.15) is 0 Å². The van der Waals surface area contributed by atoms with Gasteiger partial charge in [-0.25, -0.2) is 0 Å². The van der Waals surface area contributed by atoms with E-state index < -0.39 is 0 Å². The number of hydrogen-bond donors (Lipinski definition) is 0. The number of halogens is 1. The standard InChI is InChI=1S/C20H25P.ClH/c1-2-3-4-11-16-21-17-20(18-12-7-5-8-13-18)19-14-9-6-10-15-19;/h5-10,12-15,17,21H,2-4,11,16H2,1H3;1H. The maximum atomic E-state index is 2.44. The highest BCUT2D eigenvalue weighted by Crippen LogP contribution is 2.29. The predicted octanol–water partition coefficient (Wildman–Crippen LogP) is 6.76. The van der Waals surface area contributed by atoms with Gasteiger partial charge >= 0.3 is 0 Å². The number of hydrogen-bond acceptors (Lipinski definition) is 0. The summed E-state index contributed by atoms with van der Waals surface area (Å²) >= 11 is 0. The summed E-state index contributed by atoms with van der Waals surface area (Å²) in [5, 5.41) is 0. The molecule has 0 radical (unpaired) electrons. The molecule has 0 aliphatic rings. The second-order valence-corrected chi connectivity index (χ2v) is 6.50. The molecule has 1 unspecified atom stereocenters. The Kier molecular flexibility index (Phi) is 9.87. The second-order valence-electron chi connectivity index (χ2n) is 5.30.